The summed E-state index contributed by atoms with van der Waals surface area (Å²) in [5, 5.41) is 0. The zero-order valence-corrected chi connectivity index (χ0v) is 11.6. The Labute approximate surface area is 113 Å². The largest absolute Gasteiger partial charge is 0.465 e. The number of hydrogen-bond acceptors (Lipinski definition) is 5. The number of carbonyl (C=O) groups excluding carboxylic acids is 1. The van der Waals surface area contributed by atoms with Crippen LogP contribution < -0.4 is 10.6 Å². The lowest BCUT2D eigenvalue weighted by Crippen LogP contribution is -2.34. The fraction of sp³-hybridized carbons (Fsp3) is 0.571. The van der Waals surface area contributed by atoms with Gasteiger partial charge in [0.2, 0.25) is 0 Å². The van der Waals surface area contributed by atoms with E-state index in [1.54, 1.807) is 12.3 Å². The molecule has 5 heteroatoms. The molecule has 0 aromatic carbocycles. The first-order valence-corrected chi connectivity index (χ1v) is 6.78. The molecule has 0 amide bonds. The monoisotopic (exact) mass is 263 g/mol. The zero-order chi connectivity index (χ0) is 13.8. The van der Waals surface area contributed by atoms with Crippen LogP contribution in [0.4, 0.5) is 11.5 Å². The minimum Gasteiger partial charge on any atom is -0.465 e. The van der Waals surface area contributed by atoms with E-state index < -0.39 is 5.97 Å². The Kier molecular flexibility index (Phi) is 4.24. The molecule has 1 heterocycles. The third kappa shape index (κ3) is 2.64. The van der Waals surface area contributed by atoms with Gasteiger partial charge in [-0.2, -0.15) is 0 Å². The SMILES string of the molecule is CCN(c1nccc(C(=O)OC)c1N)C1CCCC1. The molecule has 1 aliphatic carbocycles. The minimum absolute atomic E-state index is 0.393. The zero-order valence-electron chi connectivity index (χ0n) is 11.6. The maximum atomic E-state index is 11.7. The van der Waals surface area contributed by atoms with Crippen LogP contribution in [0.5, 0.6) is 0 Å². The van der Waals surface area contributed by atoms with E-state index in [4.69, 9.17) is 10.5 Å². The summed E-state index contributed by atoms with van der Waals surface area (Å²) in [7, 11) is 1.36. The average Bonchev–Trinajstić information content (AvgIpc) is 2.94. The minimum atomic E-state index is -0.413. The molecular weight excluding hydrogens is 242 g/mol. The fourth-order valence-electron chi connectivity index (χ4n) is 2.78. The third-order valence-electron chi connectivity index (χ3n) is 3.75. The average molecular weight is 263 g/mol. The van der Waals surface area contributed by atoms with Crippen molar-refractivity contribution in [3.8, 4) is 0 Å². The first-order chi connectivity index (χ1) is 9.19. The van der Waals surface area contributed by atoms with Crippen LogP contribution in [-0.4, -0.2) is 30.6 Å². The highest BCUT2D eigenvalue weighted by atomic mass is 16.5. The van der Waals surface area contributed by atoms with E-state index in [2.05, 4.69) is 16.8 Å². The van der Waals surface area contributed by atoms with Gasteiger partial charge in [-0.05, 0) is 25.8 Å². The lowest BCUT2D eigenvalue weighted by Gasteiger charge is -2.30. The Hall–Kier alpha value is -1.78. The van der Waals surface area contributed by atoms with Crippen molar-refractivity contribution in [2.24, 2.45) is 0 Å². The van der Waals surface area contributed by atoms with Gasteiger partial charge in [-0.1, -0.05) is 12.8 Å². The van der Waals surface area contributed by atoms with E-state index >= 15 is 0 Å². The number of nitrogens with two attached hydrogens (primary N) is 1. The van der Waals surface area contributed by atoms with Crippen LogP contribution in [0.15, 0.2) is 12.3 Å². The second kappa shape index (κ2) is 5.91. The maximum Gasteiger partial charge on any atom is 0.340 e. The second-order valence-electron chi connectivity index (χ2n) is 4.81. The molecule has 2 rings (SSSR count). The summed E-state index contributed by atoms with van der Waals surface area (Å²) in [6, 6.07) is 2.08. The summed E-state index contributed by atoms with van der Waals surface area (Å²) in [4.78, 5) is 18.2. The first-order valence-electron chi connectivity index (χ1n) is 6.78. The summed E-state index contributed by atoms with van der Waals surface area (Å²) in [5.41, 5.74) is 6.91. The van der Waals surface area contributed by atoms with Gasteiger partial charge in [0.05, 0.1) is 18.4 Å². The van der Waals surface area contributed by atoms with Crippen molar-refractivity contribution in [1.82, 2.24) is 4.98 Å². The molecule has 1 aromatic rings. The maximum absolute atomic E-state index is 11.7. The quantitative estimate of drug-likeness (QED) is 0.844. The number of aromatic nitrogens is 1. The van der Waals surface area contributed by atoms with Crippen molar-refractivity contribution in [3.63, 3.8) is 0 Å². The lowest BCUT2D eigenvalue weighted by atomic mass is 10.1. The Morgan fingerprint density at radius 1 is 1.53 bits per heavy atom. The number of ether oxygens (including phenoxy) is 1. The molecule has 0 aliphatic heterocycles. The first kappa shape index (κ1) is 13.6. The predicted molar refractivity (Wildman–Crippen MR) is 75.3 cm³/mol. The van der Waals surface area contributed by atoms with Crippen molar-refractivity contribution in [2.75, 3.05) is 24.3 Å². The number of anilines is 2. The van der Waals surface area contributed by atoms with Gasteiger partial charge in [0.15, 0.2) is 5.82 Å². The Balaban J connectivity index is 2.34. The highest BCUT2D eigenvalue weighted by Crippen LogP contribution is 2.31. The summed E-state index contributed by atoms with van der Waals surface area (Å²) < 4.78 is 4.75. The lowest BCUT2D eigenvalue weighted by molar-refractivity contribution is 0.0602. The molecule has 0 bridgehead atoms. The van der Waals surface area contributed by atoms with Gasteiger partial charge in [0.1, 0.15) is 0 Å². The van der Waals surface area contributed by atoms with Gasteiger partial charge in [-0.15, -0.1) is 0 Å². The standard InChI is InChI=1S/C14H21N3O2/c1-3-17(10-6-4-5-7-10)13-12(15)11(8-9-16-13)14(18)19-2/h8-10H,3-7,15H2,1-2H3. The van der Waals surface area contributed by atoms with Crippen molar-refractivity contribution >= 4 is 17.5 Å². The molecule has 1 saturated carbocycles. The number of hydrogen-bond donors (Lipinski definition) is 1. The van der Waals surface area contributed by atoms with Gasteiger partial charge in [0, 0.05) is 18.8 Å². The molecule has 19 heavy (non-hydrogen) atoms. The van der Waals surface area contributed by atoms with Crippen LogP contribution in [0, 0.1) is 0 Å². The van der Waals surface area contributed by atoms with Crippen molar-refractivity contribution in [1.29, 1.82) is 0 Å². The fourth-order valence-corrected chi connectivity index (χ4v) is 2.78. The van der Waals surface area contributed by atoms with Gasteiger partial charge < -0.3 is 15.4 Å². The number of esters is 1. The summed E-state index contributed by atoms with van der Waals surface area (Å²) in [5.74, 6) is 0.293. The predicted octanol–water partition coefficient (Wildman–Crippen LogP) is 2.22. The molecule has 2 N–H and O–H groups in total. The third-order valence-corrected chi connectivity index (χ3v) is 3.75. The summed E-state index contributed by atoms with van der Waals surface area (Å²) >= 11 is 0. The number of pyridine rings is 1. The number of nitrogen functional groups attached to an aromatic ring is 1. The van der Waals surface area contributed by atoms with Crippen LogP contribution in [0.2, 0.25) is 0 Å². The van der Waals surface area contributed by atoms with Crippen LogP contribution in [0.25, 0.3) is 0 Å². The number of nitrogens with zero attached hydrogens (tertiary/aromatic N) is 2. The number of methoxy groups -OCH3 is 1. The van der Waals surface area contributed by atoms with Crippen LogP contribution in [0.1, 0.15) is 43.0 Å². The Bertz CT molecular complexity index is 456. The topological polar surface area (TPSA) is 68.5 Å². The Morgan fingerprint density at radius 2 is 2.21 bits per heavy atom. The van der Waals surface area contributed by atoms with E-state index in [0.717, 1.165) is 19.4 Å². The van der Waals surface area contributed by atoms with E-state index in [9.17, 15) is 4.79 Å². The van der Waals surface area contributed by atoms with Crippen LogP contribution >= 0.6 is 0 Å². The molecule has 0 saturated heterocycles. The molecule has 1 aliphatic rings. The molecular formula is C14H21N3O2. The van der Waals surface area contributed by atoms with Crippen LogP contribution in [0.3, 0.4) is 0 Å². The van der Waals surface area contributed by atoms with E-state index in [0.29, 0.717) is 23.1 Å². The number of carbonyl (C=O) groups is 1. The van der Waals surface area contributed by atoms with Crippen LogP contribution in [-0.2, 0) is 4.74 Å². The summed E-state index contributed by atoms with van der Waals surface area (Å²) in [6.45, 7) is 2.93. The molecule has 1 aromatic heterocycles. The van der Waals surface area contributed by atoms with Gasteiger partial charge in [-0.25, -0.2) is 9.78 Å². The number of rotatable bonds is 4. The van der Waals surface area contributed by atoms with E-state index in [1.807, 2.05) is 0 Å². The van der Waals surface area contributed by atoms with Gasteiger partial charge in [-0.3, -0.25) is 0 Å². The molecule has 1 fully saturated rings. The molecule has 104 valence electrons. The smallest absolute Gasteiger partial charge is 0.340 e. The molecule has 0 radical (unpaired) electrons. The Morgan fingerprint density at radius 3 is 2.79 bits per heavy atom. The summed E-state index contributed by atoms with van der Waals surface area (Å²) in [6.07, 6.45) is 6.44. The van der Waals surface area contributed by atoms with Gasteiger partial charge >= 0.3 is 5.97 Å². The van der Waals surface area contributed by atoms with Gasteiger partial charge in [0.25, 0.3) is 0 Å². The molecule has 0 atom stereocenters. The second-order valence-corrected chi connectivity index (χ2v) is 4.81. The van der Waals surface area contributed by atoms with Crippen molar-refractivity contribution < 1.29 is 9.53 Å². The van der Waals surface area contributed by atoms with Crippen molar-refractivity contribution in [2.45, 2.75) is 38.6 Å². The van der Waals surface area contributed by atoms with Crippen molar-refractivity contribution in [3.05, 3.63) is 17.8 Å². The highest BCUT2D eigenvalue weighted by molar-refractivity contribution is 5.97. The van der Waals surface area contributed by atoms with E-state index in [1.165, 1.54) is 20.0 Å². The molecule has 0 spiro atoms. The van der Waals surface area contributed by atoms with E-state index in [-0.39, 0.29) is 0 Å². The highest BCUT2D eigenvalue weighted by Gasteiger charge is 2.25. The molecule has 0 unspecified atom stereocenters. The normalized spacial score (nSPS) is 15.5. The molecule has 5 nitrogen and oxygen atoms in total.